The molecule has 36 heavy (non-hydrogen) atoms. The number of hydrogen-bond donors (Lipinski definition) is 2. The number of benzene rings is 2. The topological polar surface area (TPSA) is 84.7 Å². The molecule has 0 saturated heterocycles. The van der Waals surface area contributed by atoms with Gasteiger partial charge in [-0.25, -0.2) is 14.6 Å². The van der Waals surface area contributed by atoms with Crippen molar-refractivity contribution in [2.75, 3.05) is 5.32 Å². The lowest BCUT2D eigenvalue weighted by atomic mass is 9.90. The number of aromatic nitrogens is 4. The van der Waals surface area contributed by atoms with Crippen LogP contribution in [0.1, 0.15) is 41.7 Å². The van der Waals surface area contributed by atoms with Crippen molar-refractivity contribution in [2.45, 2.75) is 43.9 Å². The van der Waals surface area contributed by atoms with E-state index in [-0.39, 0.29) is 23.5 Å². The summed E-state index contributed by atoms with van der Waals surface area (Å²) in [6, 6.07) is 12.7. The Kier molecular flexibility index (Phi) is 6.53. The van der Waals surface area contributed by atoms with Gasteiger partial charge in [-0.1, -0.05) is 17.7 Å². The monoisotopic (exact) mass is 514 g/mol. The van der Waals surface area contributed by atoms with Gasteiger partial charge in [-0.3, -0.25) is 4.79 Å². The number of carbonyl (C=O) groups excluding carboxylic acids is 1. The van der Waals surface area contributed by atoms with Crippen molar-refractivity contribution in [3.63, 3.8) is 0 Å². The van der Waals surface area contributed by atoms with E-state index >= 15 is 0 Å². The molecule has 5 rings (SSSR count). The minimum absolute atomic E-state index is 0.0278. The summed E-state index contributed by atoms with van der Waals surface area (Å²) in [5, 5.41) is 11.4. The van der Waals surface area contributed by atoms with Crippen molar-refractivity contribution in [3.05, 3.63) is 77.5 Å². The Hall–Kier alpha value is -3.66. The summed E-state index contributed by atoms with van der Waals surface area (Å²) in [6.07, 6.45) is 1.20. The van der Waals surface area contributed by atoms with Gasteiger partial charge in [0.1, 0.15) is 18.3 Å². The van der Waals surface area contributed by atoms with Gasteiger partial charge in [0.15, 0.2) is 0 Å². The van der Waals surface area contributed by atoms with Gasteiger partial charge in [0, 0.05) is 33.7 Å². The van der Waals surface area contributed by atoms with Crippen molar-refractivity contribution in [2.24, 2.45) is 0 Å². The van der Waals surface area contributed by atoms with E-state index in [9.17, 15) is 18.0 Å². The summed E-state index contributed by atoms with van der Waals surface area (Å²) < 4.78 is 41.8. The van der Waals surface area contributed by atoms with Gasteiger partial charge in [-0.15, -0.1) is 0 Å². The number of halogens is 4. The van der Waals surface area contributed by atoms with E-state index in [0.29, 0.717) is 47.3 Å². The molecule has 0 atom stereocenters. The minimum atomic E-state index is -4.56. The first-order chi connectivity index (χ1) is 17.3. The molecule has 1 aliphatic rings. The summed E-state index contributed by atoms with van der Waals surface area (Å²) in [5.74, 6) is -0.182. The molecule has 2 heterocycles. The lowest BCUT2D eigenvalue weighted by Crippen LogP contribution is -2.40. The Morgan fingerprint density at radius 3 is 2.53 bits per heavy atom. The smallest absolute Gasteiger partial charge is 0.382 e. The number of alkyl halides is 3. The minimum Gasteiger partial charge on any atom is -0.382 e. The highest BCUT2D eigenvalue weighted by Crippen LogP contribution is 2.35. The van der Waals surface area contributed by atoms with Crippen LogP contribution < -0.4 is 10.6 Å². The molecule has 0 radical (unpaired) electrons. The van der Waals surface area contributed by atoms with E-state index in [0.717, 1.165) is 11.8 Å². The maximum absolute atomic E-state index is 13.4. The number of rotatable bonds is 5. The van der Waals surface area contributed by atoms with Crippen LogP contribution in [0.2, 0.25) is 5.02 Å². The molecule has 2 N–H and O–H groups in total. The molecule has 2 aromatic heterocycles. The Labute approximate surface area is 209 Å². The first kappa shape index (κ1) is 24.1. The zero-order valence-corrected chi connectivity index (χ0v) is 19.7. The van der Waals surface area contributed by atoms with Gasteiger partial charge in [-0.2, -0.15) is 18.3 Å². The maximum atomic E-state index is 13.4. The van der Waals surface area contributed by atoms with Crippen LogP contribution in [0.5, 0.6) is 0 Å². The van der Waals surface area contributed by atoms with Crippen molar-refractivity contribution in [1.29, 1.82) is 0 Å². The highest BCUT2D eigenvalue weighted by molar-refractivity contribution is 6.31. The standard InChI is InChI=1S/C25H22ClF3N6O/c26-16-4-9-21-20(11-16)22(12-23(34-21)25(27,28)29)32-17-5-7-18(8-6-17)33-24(36)15-2-1-3-19(10-15)35-14-30-13-31-35/h1-4,9-14,17-18H,5-8H2,(H,32,34)(H,33,36). The second-order valence-corrected chi connectivity index (χ2v) is 9.21. The second-order valence-electron chi connectivity index (χ2n) is 8.77. The third kappa shape index (κ3) is 5.28. The van der Waals surface area contributed by atoms with E-state index in [2.05, 4.69) is 25.7 Å². The highest BCUT2D eigenvalue weighted by Gasteiger charge is 2.34. The lowest BCUT2D eigenvalue weighted by Gasteiger charge is -2.31. The van der Waals surface area contributed by atoms with Crippen LogP contribution in [0.15, 0.2) is 61.2 Å². The molecule has 186 valence electrons. The molecular weight excluding hydrogens is 493 g/mol. The largest absolute Gasteiger partial charge is 0.433 e. The van der Waals surface area contributed by atoms with E-state index < -0.39 is 11.9 Å². The van der Waals surface area contributed by atoms with Gasteiger partial charge < -0.3 is 10.6 Å². The molecule has 0 spiro atoms. The number of carbonyl (C=O) groups is 1. The highest BCUT2D eigenvalue weighted by atomic mass is 35.5. The van der Waals surface area contributed by atoms with E-state index in [1.165, 1.54) is 18.5 Å². The summed E-state index contributed by atoms with van der Waals surface area (Å²) in [6.45, 7) is 0. The quantitative estimate of drug-likeness (QED) is 0.360. The van der Waals surface area contributed by atoms with Crippen LogP contribution in [0.3, 0.4) is 0 Å². The van der Waals surface area contributed by atoms with Gasteiger partial charge in [0.2, 0.25) is 0 Å². The second kappa shape index (κ2) is 9.77. The first-order valence-electron chi connectivity index (χ1n) is 11.5. The number of nitrogens with one attached hydrogen (secondary N) is 2. The van der Waals surface area contributed by atoms with Gasteiger partial charge in [-0.05, 0) is 68.1 Å². The summed E-state index contributed by atoms with van der Waals surface area (Å²) in [4.78, 5) is 20.5. The Balaban J connectivity index is 1.24. The zero-order valence-electron chi connectivity index (χ0n) is 19.0. The molecule has 0 aliphatic heterocycles. The average molecular weight is 515 g/mol. The third-order valence-corrected chi connectivity index (χ3v) is 6.51. The molecule has 7 nitrogen and oxygen atoms in total. The molecule has 4 aromatic rings. The Bertz CT molecular complexity index is 1380. The molecule has 1 fully saturated rings. The molecule has 0 bridgehead atoms. The van der Waals surface area contributed by atoms with Crippen LogP contribution in [0, 0.1) is 0 Å². The molecule has 0 unspecified atom stereocenters. The fraction of sp³-hybridized carbons (Fsp3) is 0.280. The van der Waals surface area contributed by atoms with Crippen LogP contribution in [0.25, 0.3) is 16.6 Å². The van der Waals surface area contributed by atoms with E-state index in [1.54, 1.807) is 35.3 Å². The molecular formula is C25H22ClF3N6O. The molecule has 1 aliphatic carbocycles. The number of hydrogen-bond acceptors (Lipinski definition) is 5. The molecule has 2 aromatic carbocycles. The summed E-state index contributed by atoms with van der Waals surface area (Å²) in [5.41, 5.74) is 0.881. The van der Waals surface area contributed by atoms with Gasteiger partial charge in [0.25, 0.3) is 5.91 Å². The third-order valence-electron chi connectivity index (χ3n) is 6.27. The van der Waals surface area contributed by atoms with Crippen LogP contribution in [0.4, 0.5) is 18.9 Å². The van der Waals surface area contributed by atoms with Gasteiger partial charge >= 0.3 is 6.18 Å². The first-order valence-corrected chi connectivity index (χ1v) is 11.8. The predicted molar refractivity (Wildman–Crippen MR) is 130 cm³/mol. The number of nitrogens with zero attached hydrogens (tertiary/aromatic N) is 4. The SMILES string of the molecule is O=C(NC1CCC(Nc2cc(C(F)(F)F)nc3ccc(Cl)cc23)CC1)c1cccc(-n2cncn2)c1. The maximum Gasteiger partial charge on any atom is 0.433 e. The van der Waals surface area contributed by atoms with Crippen molar-refractivity contribution in [1.82, 2.24) is 25.1 Å². The van der Waals surface area contributed by atoms with E-state index in [4.69, 9.17) is 11.6 Å². The van der Waals surface area contributed by atoms with Crippen LogP contribution in [-0.2, 0) is 6.18 Å². The number of fused-ring (bicyclic) bond motifs is 1. The zero-order chi connectivity index (χ0) is 25.3. The molecule has 1 saturated carbocycles. The summed E-state index contributed by atoms with van der Waals surface area (Å²) >= 11 is 6.09. The van der Waals surface area contributed by atoms with Crippen molar-refractivity contribution >= 4 is 34.1 Å². The fourth-order valence-corrected chi connectivity index (χ4v) is 4.64. The predicted octanol–water partition coefficient (Wildman–Crippen LogP) is 5.64. The number of amides is 1. The molecule has 1 amide bonds. The average Bonchev–Trinajstić information content (AvgIpc) is 3.40. The van der Waals surface area contributed by atoms with E-state index in [1.807, 2.05) is 6.07 Å². The lowest BCUT2D eigenvalue weighted by molar-refractivity contribution is -0.140. The number of anilines is 1. The Morgan fingerprint density at radius 2 is 1.81 bits per heavy atom. The molecule has 11 heteroatoms. The van der Waals surface area contributed by atoms with Crippen molar-refractivity contribution in [3.8, 4) is 5.69 Å². The Morgan fingerprint density at radius 1 is 1.03 bits per heavy atom. The fourth-order valence-electron chi connectivity index (χ4n) is 4.46. The summed E-state index contributed by atoms with van der Waals surface area (Å²) in [7, 11) is 0. The van der Waals surface area contributed by atoms with Crippen LogP contribution >= 0.6 is 11.6 Å². The van der Waals surface area contributed by atoms with Gasteiger partial charge in [0.05, 0.1) is 11.2 Å². The van der Waals surface area contributed by atoms with Crippen LogP contribution in [-0.4, -0.2) is 37.7 Å². The van der Waals surface area contributed by atoms with Crippen molar-refractivity contribution < 1.29 is 18.0 Å². The number of pyridine rings is 1. The normalized spacial score (nSPS) is 18.2.